The molecule has 2 fully saturated rings. The second kappa shape index (κ2) is 5.92. The minimum Gasteiger partial charge on any atom is -0.323 e. The van der Waals surface area contributed by atoms with Gasteiger partial charge in [-0.2, -0.15) is 0 Å². The number of piperidine rings is 1. The van der Waals surface area contributed by atoms with E-state index in [-0.39, 0.29) is 23.9 Å². The average molecular weight is 316 g/mol. The van der Waals surface area contributed by atoms with Crippen LogP contribution in [0.1, 0.15) is 38.3 Å². The van der Waals surface area contributed by atoms with Crippen LogP contribution in [0, 0.1) is 5.92 Å². The van der Waals surface area contributed by atoms with Gasteiger partial charge in [-0.25, -0.2) is 4.79 Å². The molecule has 3 rings (SSSR count). The van der Waals surface area contributed by atoms with E-state index in [2.05, 4.69) is 22.1 Å². The molecule has 0 unspecified atom stereocenters. The lowest BCUT2D eigenvalue weighted by Crippen LogP contribution is -2.56. The first kappa shape index (κ1) is 15.9. The highest BCUT2D eigenvalue weighted by atomic mass is 16.2. The Labute approximate surface area is 136 Å². The number of likely N-dealkylation sites (N-methyl/N-ethyl adjacent to an activating group) is 1. The number of urea groups is 1. The fourth-order valence-corrected chi connectivity index (χ4v) is 3.76. The maximum absolute atomic E-state index is 12.5. The zero-order chi connectivity index (χ0) is 16.6. The number of pyridine rings is 1. The number of amides is 3. The molecule has 23 heavy (non-hydrogen) atoms. The number of likely N-dealkylation sites (tertiary alicyclic amines) is 1. The maximum Gasteiger partial charge on any atom is 0.324 e. The van der Waals surface area contributed by atoms with Gasteiger partial charge in [0.1, 0.15) is 5.54 Å². The first-order valence-corrected chi connectivity index (χ1v) is 8.17. The van der Waals surface area contributed by atoms with Crippen LogP contribution < -0.4 is 5.32 Å². The molecule has 1 aromatic heterocycles. The van der Waals surface area contributed by atoms with Crippen molar-refractivity contribution in [2.24, 2.45) is 5.92 Å². The number of nitrogens with one attached hydrogen (secondary N) is 1. The van der Waals surface area contributed by atoms with Crippen molar-refractivity contribution >= 4 is 11.9 Å². The Kier molecular flexibility index (Phi) is 4.10. The zero-order valence-corrected chi connectivity index (χ0v) is 14.0. The number of carbonyl (C=O) groups excluding carboxylic acids is 2. The van der Waals surface area contributed by atoms with Gasteiger partial charge in [-0.15, -0.1) is 0 Å². The lowest BCUT2D eigenvalue weighted by Gasteiger charge is -2.42. The predicted octanol–water partition coefficient (Wildman–Crippen LogP) is 1.79. The van der Waals surface area contributed by atoms with Crippen molar-refractivity contribution in [1.29, 1.82) is 0 Å². The first-order chi connectivity index (χ1) is 10.9. The van der Waals surface area contributed by atoms with E-state index in [0.29, 0.717) is 0 Å². The Morgan fingerprint density at radius 2 is 2.04 bits per heavy atom. The summed E-state index contributed by atoms with van der Waals surface area (Å²) >= 11 is 0. The smallest absolute Gasteiger partial charge is 0.323 e. The van der Waals surface area contributed by atoms with Crippen molar-refractivity contribution in [3.05, 3.63) is 30.1 Å². The summed E-state index contributed by atoms with van der Waals surface area (Å²) in [5.41, 5.74) is 0.437. The minimum absolute atomic E-state index is 0.120. The molecule has 0 aromatic carbocycles. The van der Waals surface area contributed by atoms with Gasteiger partial charge in [-0.3, -0.25) is 19.6 Å². The molecule has 6 nitrogen and oxygen atoms in total. The van der Waals surface area contributed by atoms with Crippen molar-refractivity contribution in [3.63, 3.8) is 0 Å². The second-order valence-corrected chi connectivity index (χ2v) is 6.79. The van der Waals surface area contributed by atoms with Gasteiger partial charge in [0.05, 0.1) is 0 Å². The normalized spacial score (nSPS) is 30.4. The summed E-state index contributed by atoms with van der Waals surface area (Å²) in [6.45, 7) is 5.86. The summed E-state index contributed by atoms with van der Waals surface area (Å²) in [5, 5.41) is 2.90. The molecule has 2 aliphatic rings. The molecule has 0 spiro atoms. The lowest BCUT2D eigenvalue weighted by molar-refractivity contribution is -0.132. The fraction of sp³-hybridized carbons (Fsp3) is 0.588. The van der Waals surface area contributed by atoms with E-state index in [1.165, 1.54) is 10.5 Å². The molecule has 2 saturated heterocycles. The minimum atomic E-state index is -0.789. The van der Waals surface area contributed by atoms with E-state index >= 15 is 0 Å². The molecule has 0 bridgehead atoms. The standard InChI is InChI=1S/C17H24N4O2/c1-12(13-6-8-18-9-7-13)21-10-4-5-14(11-21)17(2)15(22)20(3)16(23)19-17/h6-9,12,14H,4-5,10-11H2,1-3H3,(H,19,23)/t12-,14-,17+/m1/s1. The third kappa shape index (κ3) is 2.72. The summed E-state index contributed by atoms with van der Waals surface area (Å²) < 4.78 is 0. The predicted molar refractivity (Wildman–Crippen MR) is 86.7 cm³/mol. The monoisotopic (exact) mass is 316 g/mol. The van der Waals surface area contributed by atoms with Gasteiger partial charge in [0.15, 0.2) is 0 Å². The topological polar surface area (TPSA) is 65.5 Å². The summed E-state index contributed by atoms with van der Waals surface area (Å²) in [6.07, 6.45) is 5.60. The van der Waals surface area contributed by atoms with Crippen LogP contribution in [0.5, 0.6) is 0 Å². The van der Waals surface area contributed by atoms with Gasteiger partial charge in [-0.05, 0) is 50.9 Å². The van der Waals surface area contributed by atoms with Crippen molar-refractivity contribution in [3.8, 4) is 0 Å². The molecule has 1 aromatic rings. The number of imide groups is 1. The Morgan fingerprint density at radius 1 is 1.35 bits per heavy atom. The fourth-order valence-electron chi connectivity index (χ4n) is 3.76. The molecule has 3 heterocycles. The van der Waals surface area contributed by atoms with Gasteiger partial charge in [0.2, 0.25) is 0 Å². The molecule has 1 N–H and O–H groups in total. The lowest BCUT2D eigenvalue weighted by atomic mass is 9.79. The largest absolute Gasteiger partial charge is 0.324 e. The van der Waals surface area contributed by atoms with E-state index in [0.717, 1.165) is 25.9 Å². The highest BCUT2D eigenvalue weighted by molar-refractivity contribution is 6.06. The van der Waals surface area contributed by atoms with E-state index in [1.54, 1.807) is 7.05 Å². The van der Waals surface area contributed by atoms with Crippen LogP contribution in [0.3, 0.4) is 0 Å². The number of hydrogen-bond donors (Lipinski definition) is 1. The maximum atomic E-state index is 12.5. The Hall–Kier alpha value is -1.95. The molecule has 6 heteroatoms. The molecule has 2 aliphatic heterocycles. The molecular formula is C17H24N4O2. The summed E-state index contributed by atoms with van der Waals surface area (Å²) in [4.78, 5) is 32.0. The SMILES string of the molecule is C[C@H](c1ccncc1)N1CCC[C@@H]([C@]2(C)NC(=O)N(C)C2=O)C1. The number of rotatable bonds is 3. The number of hydrogen-bond acceptors (Lipinski definition) is 4. The van der Waals surface area contributed by atoms with Gasteiger partial charge in [0, 0.05) is 37.9 Å². The Morgan fingerprint density at radius 3 is 2.65 bits per heavy atom. The molecule has 124 valence electrons. The highest BCUT2D eigenvalue weighted by Crippen LogP contribution is 2.34. The van der Waals surface area contributed by atoms with Crippen molar-refractivity contribution in [1.82, 2.24) is 20.1 Å². The van der Waals surface area contributed by atoms with Crippen molar-refractivity contribution in [2.75, 3.05) is 20.1 Å². The van der Waals surface area contributed by atoms with Crippen LogP contribution in [0.15, 0.2) is 24.5 Å². The average Bonchev–Trinajstić information content (AvgIpc) is 2.79. The van der Waals surface area contributed by atoms with Gasteiger partial charge < -0.3 is 5.32 Å². The van der Waals surface area contributed by atoms with Crippen LogP contribution in [0.25, 0.3) is 0 Å². The van der Waals surface area contributed by atoms with E-state index in [9.17, 15) is 9.59 Å². The van der Waals surface area contributed by atoms with Crippen molar-refractivity contribution < 1.29 is 9.59 Å². The van der Waals surface area contributed by atoms with Crippen LogP contribution in [-0.4, -0.2) is 52.4 Å². The second-order valence-electron chi connectivity index (χ2n) is 6.79. The number of aromatic nitrogens is 1. The molecule has 0 aliphatic carbocycles. The number of nitrogens with zero attached hydrogens (tertiary/aromatic N) is 3. The van der Waals surface area contributed by atoms with Crippen LogP contribution in [0.4, 0.5) is 4.79 Å². The summed E-state index contributed by atoms with van der Waals surface area (Å²) in [5.74, 6) is 0.00727. The Balaban J connectivity index is 1.76. The quantitative estimate of drug-likeness (QED) is 0.864. The highest BCUT2D eigenvalue weighted by Gasteiger charge is 2.52. The molecule has 3 atom stereocenters. The van der Waals surface area contributed by atoms with E-state index < -0.39 is 5.54 Å². The molecular weight excluding hydrogens is 292 g/mol. The van der Waals surface area contributed by atoms with Crippen LogP contribution >= 0.6 is 0 Å². The first-order valence-electron chi connectivity index (χ1n) is 8.17. The summed E-state index contributed by atoms with van der Waals surface area (Å²) in [6, 6.07) is 4.05. The molecule has 3 amide bonds. The number of carbonyl (C=O) groups is 2. The Bertz CT molecular complexity index is 606. The molecule has 0 radical (unpaired) electrons. The van der Waals surface area contributed by atoms with Crippen LogP contribution in [-0.2, 0) is 4.79 Å². The van der Waals surface area contributed by atoms with Gasteiger partial charge >= 0.3 is 6.03 Å². The van der Waals surface area contributed by atoms with Gasteiger partial charge in [-0.1, -0.05) is 0 Å². The van der Waals surface area contributed by atoms with Gasteiger partial charge in [0.25, 0.3) is 5.91 Å². The molecule has 0 saturated carbocycles. The van der Waals surface area contributed by atoms with Crippen molar-refractivity contribution in [2.45, 2.75) is 38.3 Å². The van der Waals surface area contributed by atoms with E-state index in [4.69, 9.17) is 0 Å². The third-order valence-corrected chi connectivity index (χ3v) is 5.43. The third-order valence-electron chi connectivity index (χ3n) is 5.43. The van der Waals surface area contributed by atoms with Crippen LogP contribution in [0.2, 0.25) is 0 Å². The zero-order valence-electron chi connectivity index (χ0n) is 14.0. The summed E-state index contributed by atoms with van der Waals surface area (Å²) in [7, 11) is 1.54. The van der Waals surface area contributed by atoms with E-state index in [1.807, 2.05) is 31.5 Å².